The largest absolute Gasteiger partial charge is 0.307 e. The van der Waals surface area contributed by atoms with E-state index in [1.54, 1.807) is 12.1 Å². The van der Waals surface area contributed by atoms with E-state index in [1.807, 2.05) is 16.8 Å². The van der Waals surface area contributed by atoms with Crippen LogP contribution in [0.4, 0.5) is 0 Å². The van der Waals surface area contributed by atoms with Crippen LogP contribution >= 0.6 is 0 Å². The third kappa shape index (κ3) is 1.71. The summed E-state index contributed by atoms with van der Waals surface area (Å²) in [4.78, 5) is 4.50. The molecule has 2 rings (SSSR count). The van der Waals surface area contributed by atoms with Crippen LogP contribution in [0.2, 0.25) is 0 Å². The minimum absolute atomic E-state index is 0.0405. The third-order valence-electron chi connectivity index (χ3n) is 2.36. The molecule has 0 aliphatic carbocycles. The maximum Gasteiger partial charge on any atom is 0.138 e. The molecule has 3 heteroatoms. The molecule has 76 valence electrons. The van der Waals surface area contributed by atoms with Crippen LogP contribution < -0.4 is 0 Å². The van der Waals surface area contributed by atoms with Gasteiger partial charge in [0.05, 0.1) is 17.3 Å². The second-order valence-electron chi connectivity index (χ2n) is 4.67. The van der Waals surface area contributed by atoms with Gasteiger partial charge in [0, 0.05) is 17.8 Å². The molecule has 0 saturated carbocycles. The Labute approximate surface area is 89.0 Å². The molecule has 15 heavy (non-hydrogen) atoms. The SMILES string of the molecule is CC(C)(C)c1cn2ccc(C#N)cc2n1. The van der Waals surface area contributed by atoms with Crippen molar-refractivity contribution in [1.82, 2.24) is 9.38 Å². The predicted molar refractivity (Wildman–Crippen MR) is 58.6 cm³/mol. The van der Waals surface area contributed by atoms with Gasteiger partial charge in [-0.2, -0.15) is 5.26 Å². The quantitative estimate of drug-likeness (QED) is 0.654. The monoisotopic (exact) mass is 199 g/mol. The summed E-state index contributed by atoms with van der Waals surface area (Å²) in [5, 5.41) is 8.78. The average Bonchev–Trinajstić information content (AvgIpc) is 2.59. The summed E-state index contributed by atoms with van der Waals surface area (Å²) < 4.78 is 1.95. The lowest BCUT2D eigenvalue weighted by Gasteiger charge is -2.13. The van der Waals surface area contributed by atoms with Crippen LogP contribution in [0, 0.1) is 11.3 Å². The zero-order chi connectivity index (χ0) is 11.1. The van der Waals surface area contributed by atoms with Crippen molar-refractivity contribution in [1.29, 1.82) is 5.26 Å². The van der Waals surface area contributed by atoms with Gasteiger partial charge < -0.3 is 4.40 Å². The number of imidazole rings is 1. The molecule has 0 N–H and O–H groups in total. The van der Waals surface area contributed by atoms with E-state index < -0.39 is 0 Å². The van der Waals surface area contributed by atoms with Gasteiger partial charge >= 0.3 is 0 Å². The minimum Gasteiger partial charge on any atom is -0.307 e. The molecule has 0 bridgehead atoms. The summed E-state index contributed by atoms with van der Waals surface area (Å²) in [6.07, 6.45) is 3.88. The normalized spacial score (nSPS) is 11.6. The molecule has 0 spiro atoms. The number of aromatic nitrogens is 2. The summed E-state index contributed by atoms with van der Waals surface area (Å²) in [6.45, 7) is 6.37. The zero-order valence-electron chi connectivity index (χ0n) is 9.15. The van der Waals surface area contributed by atoms with Gasteiger partial charge in [0.25, 0.3) is 0 Å². The van der Waals surface area contributed by atoms with Crippen LogP contribution in [0.25, 0.3) is 5.65 Å². The Morgan fingerprint density at radius 1 is 1.40 bits per heavy atom. The maximum absolute atomic E-state index is 8.78. The Balaban J connectivity index is 2.62. The molecule has 3 nitrogen and oxygen atoms in total. The molecule has 2 aromatic rings. The first-order valence-electron chi connectivity index (χ1n) is 4.90. The van der Waals surface area contributed by atoms with Crippen molar-refractivity contribution >= 4 is 5.65 Å². The van der Waals surface area contributed by atoms with Crippen molar-refractivity contribution in [3.8, 4) is 6.07 Å². The maximum atomic E-state index is 8.78. The molecule has 0 saturated heterocycles. The first kappa shape index (κ1) is 9.72. The number of rotatable bonds is 0. The van der Waals surface area contributed by atoms with Crippen molar-refractivity contribution in [2.45, 2.75) is 26.2 Å². The van der Waals surface area contributed by atoms with Crippen molar-refractivity contribution in [2.24, 2.45) is 0 Å². The van der Waals surface area contributed by atoms with E-state index in [0.29, 0.717) is 5.56 Å². The van der Waals surface area contributed by atoms with Crippen LogP contribution in [0.5, 0.6) is 0 Å². The molecule has 0 radical (unpaired) electrons. The Hall–Kier alpha value is -1.82. The first-order valence-corrected chi connectivity index (χ1v) is 4.90. The number of nitriles is 1. The van der Waals surface area contributed by atoms with E-state index >= 15 is 0 Å². The molecular formula is C12H13N3. The fourth-order valence-electron chi connectivity index (χ4n) is 1.41. The second-order valence-corrected chi connectivity index (χ2v) is 4.67. The standard InChI is InChI=1S/C12H13N3/c1-12(2,3)10-8-15-5-4-9(7-13)6-11(15)14-10/h4-6,8H,1-3H3. The molecule has 2 heterocycles. The van der Waals surface area contributed by atoms with E-state index in [9.17, 15) is 0 Å². The van der Waals surface area contributed by atoms with E-state index in [2.05, 4.69) is 31.8 Å². The van der Waals surface area contributed by atoms with Crippen LogP contribution in [-0.2, 0) is 5.41 Å². The van der Waals surface area contributed by atoms with Gasteiger partial charge in [-0.15, -0.1) is 0 Å². The molecule has 0 aliphatic rings. The number of fused-ring (bicyclic) bond motifs is 1. The lowest BCUT2D eigenvalue weighted by molar-refractivity contribution is 0.573. The van der Waals surface area contributed by atoms with Crippen molar-refractivity contribution in [3.63, 3.8) is 0 Å². The van der Waals surface area contributed by atoms with Gasteiger partial charge in [-0.3, -0.25) is 0 Å². The lowest BCUT2D eigenvalue weighted by atomic mass is 9.93. The fraction of sp³-hybridized carbons (Fsp3) is 0.333. The van der Waals surface area contributed by atoms with E-state index in [1.165, 1.54) is 0 Å². The number of nitrogens with zero attached hydrogens (tertiary/aromatic N) is 3. The smallest absolute Gasteiger partial charge is 0.138 e. The fourth-order valence-corrected chi connectivity index (χ4v) is 1.41. The summed E-state index contributed by atoms with van der Waals surface area (Å²) in [5.74, 6) is 0. The third-order valence-corrected chi connectivity index (χ3v) is 2.36. The van der Waals surface area contributed by atoms with Crippen LogP contribution in [-0.4, -0.2) is 9.38 Å². The number of hydrogen-bond donors (Lipinski definition) is 0. The topological polar surface area (TPSA) is 41.1 Å². The molecule has 0 aromatic carbocycles. The van der Waals surface area contributed by atoms with E-state index in [-0.39, 0.29) is 5.41 Å². The van der Waals surface area contributed by atoms with Crippen LogP contribution in [0.1, 0.15) is 32.0 Å². The second kappa shape index (κ2) is 3.09. The van der Waals surface area contributed by atoms with Crippen molar-refractivity contribution < 1.29 is 0 Å². The van der Waals surface area contributed by atoms with Crippen molar-refractivity contribution in [3.05, 3.63) is 35.8 Å². The van der Waals surface area contributed by atoms with Crippen molar-refractivity contribution in [2.75, 3.05) is 0 Å². The Morgan fingerprint density at radius 2 is 2.13 bits per heavy atom. The van der Waals surface area contributed by atoms with E-state index in [0.717, 1.165) is 11.3 Å². The molecule has 0 atom stereocenters. The highest BCUT2D eigenvalue weighted by Crippen LogP contribution is 2.21. The van der Waals surface area contributed by atoms with Crippen LogP contribution in [0.15, 0.2) is 24.5 Å². The zero-order valence-corrected chi connectivity index (χ0v) is 9.15. The highest BCUT2D eigenvalue weighted by Gasteiger charge is 2.17. The van der Waals surface area contributed by atoms with Gasteiger partial charge in [0.1, 0.15) is 5.65 Å². The summed E-state index contributed by atoms with van der Waals surface area (Å²) in [6, 6.07) is 5.71. The first-order chi connectivity index (χ1) is 7.00. The highest BCUT2D eigenvalue weighted by atomic mass is 15.0. The predicted octanol–water partition coefficient (Wildman–Crippen LogP) is 2.50. The van der Waals surface area contributed by atoms with E-state index in [4.69, 9.17) is 5.26 Å². The van der Waals surface area contributed by atoms with Crippen LogP contribution in [0.3, 0.4) is 0 Å². The average molecular weight is 199 g/mol. The molecule has 0 amide bonds. The Bertz CT molecular complexity index is 538. The lowest BCUT2D eigenvalue weighted by Crippen LogP contribution is -2.11. The summed E-state index contributed by atoms with van der Waals surface area (Å²) >= 11 is 0. The number of hydrogen-bond acceptors (Lipinski definition) is 2. The molecule has 0 fully saturated rings. The Morgan fingerprint density at radius 3 is 2.73 bits per heavy atom. The molecule has 0 aliphatic heterocycles. The molecule has 2 aromatic heterocycles. The Kier molecular flexibility index (Phi) is 2.01. The van der Waals surface area contributed by atoms with Gasteiger partial charge in [0.15, 0.2) is 0 Å². The molecular weight excluding hydrogens is 186 g/mol. The van der Waals surface area contributed by atoms with Gasteiger partial charge in [-0.05, 0) is 12.1 Å². The highest BCUT2D eigenvalue weighted by molar-refractivity contribution is 5.47. The number of pyridine rings is 1. The molecule has 0 unspecified atom stereocenters. The van der Waals surface area contributed by atoms with Gasteiger partial charge in [0.2, 0.25) is 0 Å². The van der Waals surface area contributed by atoms with Gasteiger partial charge in [-0.25, -0.2) is 4.98 Å². The summed E-state index contributed by atoms with van der Waals surface area (Å²) in [7, 11) is 0. The minimum atomic E-state index is 0.0405. The summed E-state index contributed by atoms with van der Waals surface area (Å²) in [5.41, 5.74) is 2.56. The van der Waals surface area contributed by atoms with Gasteiger partial charge in [-0.1, -0.05) is 20.8 Å².